The lowest BCUT2D eigenvalue weighted by Crippen LogP contribution is -2.50. The number of nitrogens with zero attached hydrogens (tertiary/aromatic N) is 2. The Kier molecular flexibility index (Phi) is 3.51. The standard InChI is InChI=1S/C17H25N3O4/c1-9(14(21)19-6-5-17(2,7-18)8-19)20-15(22)12-10-3-4-11(24-10)13(12)16(20)23/h9-13H,3-8,18H2,1-2H3. The summed E-state index contributed by atoms with van der Waals surface area (Å²) >= 11 is 0. The number of fused-ring (bicyclic) bond motifs is 5. The molecule has 4 aliphatic rings. The summed E-state index contributed by atoms with van der Waals surface area (Å²) < 4.78 is 5.73. The number of hydrogen-bond donors (Lipinski definition) is 1. The predicted octanol–water partition coefficient (Wildman–Crippen LogP) is -0.265. The molecule has 0 spiro atoms. The number of ether oxygens (including phenoxy) is 1. The van der Waals surface area contributed by atoms with E-state index in [0.29, 0.717) is 19.6 Å². The van der Waals surface area contributed by atoms with Gasteiger partial charge < -0.3 is 15.4 Å². The summed E-state index contributed by atoms with van der Waals surface area (Å²) in [5, 5.41) is 0. The first-order chi connectivity index (χ1) is 11.4. The Bertz CT molecular complexity index is 581. The Balaban J connectivity index is 1.51. The number of rotatable bonds is 3. The molecule has 0 aromatic carbocycles. The fraction of sp³-hybridized carbons (Fsp3) is 0.824. The number of hydrogen-bond acceptors (Lipinski definition) is 5. The minimum absolute atomic E-state index is 0.0716. The highest BCUT2D eigenvalue weighted by Crippen LogP contribution is 2.49. The lowest BCUT2D eigenvalue weighted by Gasteiger charge is -2.29. The molecule has 0 radical (unpaired) electrons. The predicted molar refractivity (Wildman–Crippen MR) is 84.5 cm³/mol. The zero-order valence-corrected chi connectivity index (χ0v) is 14.2. The smallest absolute Gasteiger partial charge is 0.245 e. The van der Waals surface area contributed by atoms with Crippen LogP contribution in [0.1, 0.15) is 33.1 Å². The van der Waals surface area contributed by atoms with Crippen molar-refractivity contribution in [1.29, 1.82) is 0 Å². The van der Waals surface area contributed by atoms with Crippen molar-refractivity contribution in [2.75, 3.05) is 19.6 Å². The van der Waals surface area contributed by atoms with Gasteiger partial charge in [-0.2, -0.15) is 0 Å². The van der Waals surface area contributed by atoms with Crippen molar-refractivity contribution in [3.8, 4) is 0 Å². The molecule has 0 aliphatic carbocycles. The summed E-state index contributed by atoms with van der Waals surface area (Å²) in [5.41, 5.74) is 5.73. The van der Waals surface area contributed by atoms with Crippen LogP contribution in [0.25, 0.3) is 0 Å². The van der Waals surface area contributed by atoms with Crippen molar-refractivity contribution in [1.82, 2.24) is 9.80 Å². The molecule has 4 aliphatic heterocycles. The van der Waals surface area contributed by atoms with Gasteiger partial charge in [0.25, 0.3) is 0 Å². The minimum atomic E-state index is -0.741. The highest BCUT2D eigenvalue weighted by atomic mass is 16.5. The Morgan fingerprint density at radius 2 is 1.88 bits per heavy atom. The molecule has 4 saturated heterocycles. The Hall–Kier alpha value is -1.47. The first-order valence-electron chi connectivity index (χ1n) is 8.87. The van der Waals surface area contributed by atoms with Crippen molar-refractivity contribution in [3.05, 3.63) is 0 Å². The average Bonchev–Trinajstić information content (AvgIpc) is 3.31. The van der Waals surface area contributed by atoms with E-state index in [1.807, 2.05) is 0 Å². The number of amides is 3. The van der Waals surface area contributed by atoms with Gasteiger partial charge in [0, 0.05) is 13.1 Å². The van der Waals surface area contributed by atoms with Crippen molar-refractivity contribution < 1.29 is 19.1 Å². The fourth-order valence-corrected chi connectivity index (χ4v) is 4.87. The summed E-state index contributed by atoms with van der Waals surface area (Å²) in [7, 11) is 0. The van der Waals surface area contributed by atoms with Crippen LogP contribution < -0.4 is 5.73 Å². The van der Waals surface area contributed by atoms with E-state index < -0.39 is 6.04 Å². The number of imide groups is 1. The number of likely N-dealkylation sites (tertiary alicyclic amines) is 2. The molecule has 0 aromatic heterocycles. The van der Waals surface area contributed by atoms with Gasteiger partial charge in [-0.3, -0.25) is 19.3 Å². The maximum Gasteiger partial charge on any atom is 0.245 e. The molecular formula is C17H25N3O4. The highest BCUT2D eigenvalue weighted by Gasteiger charge is 2.63. The summed E-state index contributed by atoms with van der Waals surface area (Å²) in [5.74, 6) is -1.35. The van der Waals surface area contributed by atoms with Crippen LogP contribution in [0.5, 0.6) is 0 Å². The Morgan fingerprint density at radius 1 is 1.29 bits per heavy atom. The third-order valence-corrected chi connectivity index (χ3v) is 6.43. The van der Waals surface area contributed by atoms with Crippen LogP contribution in [0.4, 0.5) is 0 Å². The molecule has 4 rings (SSSR count). The number of nitrogens with two attached hydrogens (primary N) is 1. The number of carbonyl (C=O) groups excluding carboxylic acids is 3. The molecule has 2 bridgehead atoms. The maximum atomic E-state index is 12.8. The molecule has 6 unspecified atom stereocenters. The summed E-state index contributed by atoms with van der Waals surface area (Å²) in [6, 6.07) is -0.741. The summed E-state index contributed by atoms with van der Waals surface area (Å²) in [6.45, 7) is 5.48. The molecule has 4 heterocycles. The quantitative estimate of drug-likeness (QED) is 0.717. The zero-order valence-electron chi connectivity index (χ0n) is 14.2. The fourth-order valence-electron chi connectivity index (χ4n) is 4.87. The number of carbonyl (C=O) groups is 3. The molecular weight excluding hydrogens is 310 g/mol. The lowest BCUT2D eigenvalue weighted by atomic mass is 9.81. The van der Waals surface area contributed by atoms with E-state index >= 15 is 0 Å². The van der Waals surface area contributed by atoms with E-state index in [4.69, 9.17) is 10.5 Å². The molecule has 4 fully saturated rings. The van der Waals surface area contributed by atoms with Crippen LogP contribution in [0.3, 0.4) is 0 Å². The van der Waals surface area contributed by atoms with Gasteiger partial charge in [-0.05, 0) is 38.1 Å². The van der Waals surface area contributed by atoms with Crippen molar-refractivity contribution >= 4 is 17.7 Å². The normalized spacial score (nSPS) is 42.1. The van der Waals surface area contributed by atoms with E-state index in [9.17, 15) is 14.4 Å². The van der Waals surface area contributed by atoms with E-state index in [-0.39, 0.29) is 47.2 Å². The van der Waals surface area contributed by atoms with E-state index in [1.165, 1.54) is 4.90 Å². The van der Waals surface area contributed by atoms with Crippen LogP contribution >= 0.6 is 0 Å². The second kappa shape index (κ2) is 5.26. The molecule has 24 heavy (non-hydrogen) atoms. The summed E-state index contributed by atoms with van der Waals surface area (Å²) in [4.78, 5) is 41.3. The van der Waals surface area contributed by atoms with Gasteiger partial charge in [-0.25, -0.2) is 0 Å². The SMILES string of the molecule is CC(C(=O)N1CCC(C)(CN)C1)N1C(=O)C2C3CCC(O3)C2C1=O. The third-order valence-electron chi connectivity index (χ3n) is 6.43. The molecule has 0 saturated carbocycles. The molecule has 3 amide bonds. The molecule has 6 atom stereocenters. The minimum Gasteiger partial charge on any atom is -0.373 e. The van der Waals surface area contributed by atoms with E-state index in [1.54, 1.807) is 11.8 Å². The van der Waals surface area contributed by atoms with Gasteiger partial charge in [0.2, 0.25) is 17.7 Å². The second-order valence-electron chi connectivity index (χ2n) is 8.09. The average molecular weight is 335 g/mol. The molecule has 7 nitrogen and oxygen atoms in total. The van der Waals surface area contributed by atoms with Crippen molar-refractivity contribution in [2.24, 2.45) is 23.0 Å². The first kappa shape index (κ1) is 16.0. The van der Waals surface area contributed by atoms with Gasteiger partial charge in [0.15, 0.2) is 0 Å². The molecule has 2 N–H and O–H groups in total. The second-order valence-corrected chi connectivity index (χ2v) is 8.09. The van der Waals surface area contributed by atoms with Crippen LogP contribution in [-0.4, -0.2) is 65.4 Å². The monoisotopic (exact) mass is 335 g/mol. The summed E-state index contributed by atoms with van der Waals surface area (Å²) in [6.07, 6.45) is 2.24. The third kappa shape index (κ3) is 2.07. The van der Waals surface area contributed by atoms with E-state index in [0.717, 1.165) is 19.3 Å². The van der Waals surface area contributed by atoms with Gasteiger partial charge >= 0.3 is 0 Å². The molecule has 7 heteroatoms. The van der Waals surface area contributed by atoms with Gasteiger partial charge in [-0.15, -0.1) is 0 Å². The van der Waals surface area contributed by atoms with Crippen LogP contribution in [0.2, 0.25) is 0 Å². The maximum absolute atomic E-state index is 12.8. The molecule has 132 valence electrons. The Morgan fingerprint density at radius 3 is 2.38 bits per heavy atom. The van der Waals surface area contributed by atoms with Crippen LogP contribution in [0, 0.1) is 17.3 Å². The van der Waals surface area contributed by atoms with Crippen molar-refractivity contribution in [3.63, 3.8) is 0 Å². The van der Waals surface area contributed by atoms with Crippen molar-refractivity contribution in [2.45, 2.75) is 51.4 Å². The molecule has 0 aromatic rings. The largest absolute Gasteiger partial charge is 0.373 e. The highest BCUT2D eigenvalue weighted by molar-refractivity contribution is 6.09. The van der Waals surface area contributed by atoms with Crippen LogP contribution in [-0.2, 0) is 19.1 Å². The lowest BCUT2D eigenvalue weighted by molar-refractivity contribution is -0.152. The van der Waals surface area contributed by atoms with E-state index in [2.05, 4.69) is 6.92 Å². The van der Waals surface area contributed by atoms with Gasteiger partial charge in [-0.1, -0.05) is 6.92 Å². The Labute approximate surface area is 141 Å². The van der Waals surface area contributed by atoms with Crippen LogP contribution in [0.15, 0.2) is 0 Å². The topological polar surface area (TPSA) is 92.9 Å². The van der Waals surface area contributed by atoms with Gasteiger partial charge in [0.1, 0.15) is 6.04 Å². The van der Waals surface area contributed by atoms with Gasteiger partial charge in [0.05, 0.1) is 24.0 Å². The first-order valence-corrected chi connectivity index (χ1v) is 8.87. The zero-order chi connectivity index (χ0) is 17.2.